The summed E-state index contributed by atoms with van der Waals surface area (Å²) in [6, 6.07) is 7.10. The number of nitrogens with two attached hydrogens (primary N) is 1. The minimum atomic E-state index is -0.429. The highest BCUT2D eigenvalue weighted by Gasteiger charge is 2.08. The summed E-state index contributed by atoms with van der Waals surface area (Å²) in [4.78, 5) is 7.99. The number of ether oxygens (including phenoxy) is 1. The molecule has 6 nitrogen and oxygen atoms in total. The number of oxime groups is 1. The third-order valence-electron chi connectivity index (χ3n) is 2.21. The van der Waals surface area contributed by atoms with Gasteiger partial charge in [-0.2, -0.15) is 4.98 Å². The third kappa shape index (κ3) is 3.15. The fourth-order valence-corrected chi connectivity index (χ4v) is 1.41. The Morgan fingerprint density at radius 3 is 2.84 bits per heavy atom. The maximum atomic E-state index is 13.0. The lowest BCUT2D eigenvalue weighted by Crippen LogP contribution is -2.16. The van der Waals surface area contributed by atoms with Gasteiger partial charge in [-0.15, -0.1) is 0 Å². The van der Waals surface area contributed by atoms with Gasteiger partial charge in [-0.25, -0.2) is 9.37 Å². The fourth-order valence-electron chi connectivity index (χ4n) is 1.41. The van der Waals surface area contributed by atoms with Crippen molar-refractivity contribution in [3.05, 3.63) is 47.5 Å². The molecule has 0 atom stereocenters. The SMILES string of the molecule is Cc1cc(/C(N)=N/O)nc(Oc2cccc(F)c2)n1. The Kier molecular flexibility index (Phi) is 3.56. The lowest BCUT2D eigenvalue weighted by atomic mass is 10.3. The van der Waals surface area contributed by atoms with Crippen molar-refractivity contribution < 1.29 is 14.3 Å². The van der Waals surface area contributed by atoms with E-state index in [0.717, 1.165) is 0 Å². The Balaban J connectivity index is 2.33. The maximum Gasteiger partial charge on any atom is 0.322 e. The van der Waals surface area contributed by atoms with Crippen molar-refractivity contribution >= 4 is 5.84 Å². The third-order valence-corrected chi connectivity index (χ3v) is 2.21. The molecule has 0 aliphatic carbocycles. The van der Waals surface area contributed by atoms with E-state index in [4.69, 9.17) is 15.7 Å². The van der Waals surface area contributed by atoms with Gasteiger partial charge in [0.05, 0.1) is 0 Å². The van der Waals surface area contributed by atoms with Gasteiger partial charge in [-0.05, 0) is 25.1 Å². The Hall–Kier alpha value is -2.70. The number of rotatable bonds is 3. The van der Waals surface area contributed by atoms with E-state index in [1.54, 1.807) is 13.0 Å². The minimum absolute atomic E-state index is 0.00722. The Morgan fingerprint density at radius 2 is 2.16 bits per heavy atom. The highest BCUT2D eigenvalue weighted by atomic mass is 19.1. The molecule has 1 heterocycles. The van der Waals surface area contributed by atoms with Gasteiger partial charge in [0.2, 0.25) is 0 Å². The van der Waals surface area contributed by atoms with E-state index in [2.05, 4.69) is 15.1 Å². The van der Waals surface area contributed by atoms with Crippen molar-refractivity contribution in [2.45, 2.75) is 6.92 Å². The van der Waals surface area contributed by atoms with Crippen molar-refractivity contribution in [1.82, 2.24) is 9.97 Å². The lowest BCUT2D eigenvalue weighted by Gasteiger charge is -2.06. The van der Waals surface area contributed by atoms with Crippen molar-refractivity contribution in [2.24, 2.45) is 10.9 Å². The molecule has 7 heteroatoms. The summed E-state index contributed by atoms with van der Waals surface area (Å²) in [5.74, 6) is -0.326. The van der Waals surface area contributed by atoms with Crippen LogP contribution in [0.1, 0.15) is 11.4 Å². The van der Waals surface area contributed by atoms with Gasteiger partial charge >= 0.3 is 6.01 Å². The standard InChI is InChI=1S/C12H11FN4O2/c1-7-5-10(11(14)17-18)16-12(15-7)19-9-4-2-3-8(13)6-9/h2-6,18H,1H3,(H2,14,17). The second-order valence-corrected chi connectivity index (χ2v) is 3.72. The number of halogens is 1. The van der Waals surface area contributed by atoms with Crippen LogP contribution in [0.25, 0.3) is 0 Å². The normalized spacial score (nSPS) is 11.4. The van der Waals surface area contributed by atoms with E-state index in [0.29, 0.717) is 5.69 Å². The van der Waals surface area contributed by atoms with E-state index < -0.39 is 5.82 Å². The zero-order chi connectivity index (χ0) is 13.8. The molecule has 0 amide bonds. The molecule has 0 saturated carbocycles. The highest BCUT2D eigenvalue weighted by molar-refractivity contribution is 5.95. The van der Waals surface area contributed by atoms with E-state index in [1.807, 2.05) is 0 Å². The molecule has 2 rings (SSSR count). The summed E-state index contributed by atoms with van der Waals surface area (Å²) in [5.41, 5.74) is 6.24. The monoisotopic (exact) mass is 262 g/mol. The molecular weight excluding hydrogens is 251 g/mol. The van der Waals surface area contributed by atoms with Gasteiger partial charge in [0.25, 0.3) is 0 Å². The molecule has 1 aromatic carbocycles. The van der Waals surface area contributed by atoms with E-state index >= 15 is 0 Å². The van der Waals surface area contributed by atoms with Crippen LogP contribution in [0.5, 0.6) is 11.8 Å². The molecule has 0 unspecified atom stereocenters. The predicted molar refractivity (Wildman–Crippen MR) is 65.8 cm³/mol. The number of aromatic nitrogens is 2. The average molecular weight is 262 g/mol. The minimum Gasteiger partial charge on any atom is -0.424 e. The Bertz CT molecular complexity index is 631. The molecule has 0 saturated heterocycles. The second-order valence-electron chi connectivity index (χ2n) is 3.72. The number of nitrogens with zero attached hydrogens (tertiary/aromatic N) is 3. The fraction of sp³-hybridized carbons (Fsp3) is 0.0833. The molecule has 98 valence electrons. The predicted octanol–water partition coefficient (Wildman–Crippen LogP) is 1.81. The quantitative estimate of drug-likeness (QED) is 0.381. The summed E-state index contributed by atoms with van der Waals surface area (Å²) in [7, 11) is 0. The van der Waals surface area contributed by atoms with E-state index in [-0.39, 0.29) is 23.3 Å². The van der Waals surface area contributed by atoms with Gasteiger partial charge < -0.3 is 15.7 Å². The zero-order valence-electron chi connectivity index (χ0n) is 10.0. The summed E-state index contributed by atoms with van der Waals surface area (Å²) in [6.07, 6.45) is 0. The molecule has 3 N–H and O–H groups in total. The van der Waals surface area contributed by atoms with Crippen LogP contribution >= 0.6 is 0 Å². The summed E-state index contributed by atoms with van der Waals surface area (Å²) < 4.78 is 18.3. The smallest absolute Gasteiger partial charge is 0.322 e. The number of hydrogen-bond donors (Lipinski definition) is 2. The number of hydrogen-bond acceptors (Lipinski definition) is 5. The first kappa shape index (κ1) is 12.7. The van der Waals surface area contributed by atoms with Crippen LogP contribution in [0, 0.1) is 12.7 Å². The zero-order valence-corrected chi connectivity index (χ0v) is 10.0. The molecule has 0 fully saturated rings. The van der Waals surface area contributed by atoms with Crippen LogP contribution < -0.4 is 10.5 Å². The Labute approximate surface area is 108 Å². The molecular formula is C12H11FN4O2. The van der Waals surface area contributed by atoms with Crippen LogP contribution in [-0.4, -0.2) is 21.0 Å². The number of aryl methyl sites for hydroxylation is 1. The van der Waals surface area contributed by atoms with Crippen molar-refractivity contribution in [1.29, 1.82) is 0 Å². The van der Waals surface area contributed by atoms with Crippen molar-refractivity contribution in [3.8, 4) is 11.8 Å². The Morgan fingerprint density at radius 1 is 1.37 bits per heavy atom. The highest BCUT2D eigenvalue weighted by Crippen LogP contribution is 2.19. The van der Waals surface area contributed by atoms with E-state index in [9.17, 15) is 4.39 Å². The van der Waals surface area contributed by atoms with Crippen LogP contribution in [0.4, 0.5) is 4.39 Å². The topological polar surface area (TPSA) is 93.6 Å². The summed E-state index contributed by atoms with van der Waals surface area (Å²) in [5, 5.41) is 11.5. The average Bonchev–Trinajstić information content (AvgIpc) is 2.37. The first-order chi connectivity index (χ1) is 9.08. The summed E-state index contributed by atoms with van der Waals surface area (Å²) in [6.45, 7) is 1.70. The second kappa shape index (κ2) is 5.30. The molecule has 0 aliphatic heterocycles. The first-order valence-corrected chi connectivity index (χ1v) is 5.35. The molecule has 2 aromatic rings. The van der Waals surface area contributed by atoms with Crippen molar-refractivity contribution in [3.63, 3.8) is 0 Å². The molecule has 0 aliphatic rings. The van der Waals surface area contributed by atoms with Crippen molar-refractivity contribution in [2.75, 3.05) is 0 Å². The van der Waals surface area contributed by atoms with Crippen LogP contribution in [0.15, 0.2) is 35.5 Å². The number of amidine groups is 1. The molecule has 0 bridgehead atoms. The molecule has 19 heavy (non-hydrogen) atoms. The first-order valence-electron chi connectivity index (χ1n) is 5.35. The van der Waals surface area contributed by atoms with Crippen LogP contribution in [0.3, 0.4) is 0 Å². The van der Waals surface area contributed by atoms with Crippen LogP contribution in [0.2, 0.25) is 0 Å². The number of benzene rings is 1. The maximum absolute atomic E-state index is 13.0. The van der Waals surface area contributed by atoms with Crippen LogP contribution in [-0.2, 0) is 0 Å². The summed E-state index contributed by atoms with van der Waals surface area (Å²) >= 11 is 0. The van der Waals surface area contributed by atoms with Gasteiger partial charge in [-0.1, -0.05) is 11.2 Å². The molecule has 0 spiro atoms. The van der Waals surface area contributed by atoms with Gasteiger partial charge in [0.15, 0.2) is 5.84 Å². The largest absolute Gasteiger partial charge is 0.424 e. The van der Waals surface area contributed by atoms with Gasteiger partial charge in [-0.3, -0.25) is 0 Å². The van der Waals surface area contributed by atoms with E-state index in [1.165, 1.54) is 24.3 Å². The lowest BCUT2D eigenvalue weighted by molar-refractivity contribution is 0.318. The van der Waals surface area contributed by atoms with Gasteiger partial charge in [0, 0.05) is 11.8 Å². The van der Waals surface area contributed by atoms with Gasteiger partial charge in [0.1, 0.15) is 17.3 Å². The molecule has 1 aromatic heterocycles. The molecule has 0 radical (unpaired) electrons.